The molecule has 23 heavy (non-hydrogen) atoms. The number of hydrogen-bond donors (Lipinski definition) is 5. The highest BCUT2D eigenvalue weighted by Gasteiger charge is 2.27. The van der Waals surface area contributed by atoms with Crippen LogP contribution in [0.1, 0.15) is 40.0 Å². The van der Waals surface area contributed by atoms with Crippen LogP contribution in [0, 0.1) is 5.92 Å². The van der Waals surface area contributed by atoms with Crippen LogP contribution < -0.4 is 22.1 Å². The Hall–Kier alpha value is -2.16. The highest BCUT2D eigenvalue weighted by atomic mass is 16.4. The average molecular weight is 330 g/mol. The molecule has 9 nitrogen and oxygen atoms in total. The largest absolute Gasteiger partial charge is 0.480 e. The first-order valence-corrected chi connectivity index (χ1v) is 7.47. The second-order valence-electron chi connectivity index (χ2n) is 5.55. The fourth-order valence-electron chi connectivity index (χ4n) is 1.71. The Morgan fingerprint density at radius 3 is 2.09 bits per heavy atom. The van der Waals surface area contributed by atoms with Crippen LogP contribution in [0.4, 0.5) is 0 Å². The van der Waals surface area contributed by atoms with Gasteiger partial charge in [-0.3, -0.25) is 19.2 Å². The number of carbonyl (C=O) groups is 4. The van der Waals surface area contributed by atoms with Crippen molar-refractivity contribution in [2.24, 2.45) is 17.4 Å². The number of carboxylic acid groups (broad SMARTS) is 1. The number of carboxylic acids is 1. The monoisotopic (exact) mass is 330 g/mol. The van der Waals surface area contributed by atoms with Crippen molar-refractivity contribution in [2.75, 3.05) is 0 Å². The molecule has 0 aliphatic rings. The van der Waals surface area contributed by atoms with Crippen LogP contribution in [0.5, 0.6) is 0 Å². The van der Waals surface area contributed by atoms with Crippen molar-refractivity contribution in [3.8, 4) is 0 Å². The van der Waals surface area contributed by atoms with Crippen LogP contribution in [0.15, 0.2) is 0 Å². The fourth-order valence-corrected chi connectivity index (χ4v) is 1.71. The van der Waals surface area contributed by atoms with Crippen molar-refractivity contribution in [3.05, 3.63) is 0 Å². The Balaban J connectivity index is 4.92. The summed E-state index contributed by atoms with van der Waals surface area (Å²) in [7, 11) is 0. The molecule has 132 valence electrons. The number of aliphatic carboxylic acids is 1. The van der Waals surface area contributed by atoms with Crippen LogP contribution in [-0.4, -0.2) is 46.9 Å². The van der Waals surface area contributed by atoms with Gasteiger partial charge in [-0.2, -0.15) is 0 Å². The fraction of sp³-hybridized carbons (Fsp3) is 0.714. The Morgan fingerprint density at radius 1 is 1.09 bits per heavy atom. The van der Waals surface area contributed by atoms with E-state index in [0.717, 1.165) is 0 Å². The molecule has 0 fully saturated rings. The minimum absolute atomic E-state index is 0.0352. The molecule has 9 heteroatoms. The molecule has 0 aromatic heterocycles. The molecule has 4 atom stereocenters. The lowest BCUT2D eigenvalue weighted by Crippen LogP contribution is -2.55. The van der Waals surface area contributed by atoms with E-state index in [4.69, 9.17) is 16.6 Å². The van der Waals surface area contributed by atoms with Gasteiger partial charge in [0, 0.05) is 6.42 Å². The summed E-state index contributed by atoms with van der Waals surface area (Å²) in [6.07, 6.45) is 0.521. The maximum atomic E-state index is 12.1. The van der Waals surface area contributed by atoms with Crippen molar-refractivity contribution < 1.29 is 24.3 Å². The second-order valence-corrected chi connectivity index (χ2v) is 5.55. The van der Waals surface area contributed by atoms with Gasteiger partial charge in [0.15, 0.2) is 0 Å². The third-order valence-corrected chi connectivity index (χ3v) is 3.60. The van der Waals surface area contributed by atoms with Crippen LogP contribution in [0.2, 0.25) is 0 Å². The standard InChI is InChI=1S/C14H26N4O5/c1-4-7(2)11(16)13(21)18-9(5-6-10(15)19)12(20)17-8(3)14(22)23/h7-9,11H,4-6,16H2,1-3H3,(H2,15,19)(H,17,20)(H,18,21)(H,22,23)/t7-,8-,9-,11-/m0/s1. The van der Waals surface area contributed by atoms with Crippen molar-refractivity contribution >= 4 is 23.7 Å². The van der Waals surface area contributed by atoms with E-state index in [2.05, 4.69) is 10.6 Å². The molecule has 0 radical (unpaired) electrons. The zero-order valence-electron chi connectivity index (χ0n) is 13.7. The second kappa shape index (κ2) is 9.78. The number of carbonyl (C=O) groups excluding carboxylic acids is 3. The summed E-state index contributed by atoms with van der Waals surface area (Å²) in [6, 6.07) is -3.01. The van der Waals surface area contributed by atoms with E-state index in [-0.39, 0.29) is 18.8 Å². The van der Waals surface area contributed by atoms with Gasteiger partial charge in [0.2, 0.25) is 17.7 Å². The molecule has 0 spiro atoms. The van der Waals surface area contributed by atoms with Gasteiger partial charge in [0.1, 0.15) is 12.1 Å². The number of nitrogens with one attached hydrogen (secondary N) is 2. The molecular formula is C14H26N4O5. The van der Waals surface area contributed by atoms with E-state index in [1.165, 1.54) is 6.92 Å². The predicted molar refractivity (Wildman–Crippen MR) is 83.0 cm³/mol. The summed E-state index contributed by atoms with van der Waals surface area (Å²) in [4.78, 5) is 45.8. The number of nitrogens with two attached hydrogens (primary N) is 2. The summed E-state index contributed by atoms with van der Waals surface area (Å²) in [5, 5.41) is 13.5. The molecule has 0 aromatic carbocycles. The summed E-state index contributed by atoms with van der Waals surface area (Å²) in [5.41, 5.74) is 10.8. The molecule has 0 aliphatic carbocycles. The van der Waals surface area contributed by atoms with Crippen LogP contribution in [0.3, 0.4) is 0 Å². The molecule has 0 bridgehead atoms. The summed E-state index contributed by atoms with van der Waals surface area (Å²) >= 11 is 0. The number of rotatable bonds is 10. The third-order valence-electron chi connectivity index (χ3n) is 3.60. The third kappa shape index (κ3) is 7.59. The lowest BCUT2D eigenvalue weighted by atomic mass is 9.98. The molecule has 0 rings (SSSR count). The smallest absolute Gasteiger partial charge is 0.325 e. The minimum Gasteiger partial charge on any atom is -0.480 e. The molecule has 0 aromatic rings. The van der Waals surface area contributed by atoms with E-state index in [0.29, 0.717) is 6.42 Å². The molecule has 0 heterocycles. The Bertz CT molecular complexity index is 454. The van der Waals surface area contributed by atoms with Gasteiger partial charge >= 0.3 is 5.97 Å². The Labute approximate surface area is 135 Å². The lowest BCUT2D eigenvalue weighted by molar-refractivity contribution is -0.141. The molecule has 0 aliphatic heterocycles. The van der Waals surface area contributed by atoms with Gasteiger partial charge in [0.25, 0.3) is 0 Å². The Morgan fingerprint density at radius 2 is 1.65 bits per heavy atom. The molecular weight excluding hydrogens is 304 g/mol. The maximum absolute atomic E-state index is 12.1. The molecule has 7 N–H and O–H groups in total. The first-order chi connectivity index (χ1) is 10.6. The zero-order valence-corrected chi connectivity index (χ0v) is 13.7. The maximum Gasteiger partial charge on any atom is 0.325 e. The number of amides is 3. The van der Waals surface area contributed by atoms with Gasteiger partial charge in [-0.15, -0.1) is 0 Å². The van der Waals surface area contributed by atoms with Crippen molar-refractivity contribution in [2.45, 2.75) is 58.2 Å². The zero-order chi connectivity index (χ0) is 18.2. The normalized spacial score (nSPS) is 15.8. The lowest BCUT2D eigenvalue weighted by Gasteiger charge is -2.23. The minimum atomic E-state index is -1.21. The summed E-state index contributed by atoms with van der Waals surface area (Å²) < 4.78 is 0. The molecule has 0 unspecified atom stereocenters. The van der Waals surface area contributed by atoms with Crippen LogP contribution >= 0.6 is 0 Å². The Kier molecular flexibility index (Phi) is 8.86. The van der Waals surface area contributed by atoms with Gasteiger partial charge < -0.3 is 27.2 Å². The predicted octanol–water partition coefficient (Wildman–Crippen LogP) is -1.30. The highest BCUT2D eigenvalue weighted by Crippen LogP contribution is 2.07. The van der Waals surface area contributed by atoms with Crippen LogP contribution in [-0.2, 0) is 19.2 Å². The quantitative estimate of drug-likeness (QED) is 0.334. The van der Waals surface area contributed by atoms with Gasteiger partial charge in [0.05, 0.1) is 6.04 Å². The molecule has 0 saturated carbocycles. The highest BCUT2D eigenvalue weighted by molar-refractivity contribution is 5.92. The van der Waals surface area contributed by atoms with Gasteiger partial charge in [-0.1, -0.05) is 20.3 Å². The van der Waals surface area contributed by atoms with Gasteiger partial charge in [-0.05, 0) is 19.3 Å². The number of primary amides is 1. The summed E-state index contributed by atoms with van der Waals surface area (Å²) in [6.45, 7) is 4.97. The topological polar surface area (TPSA) is 165 Å². The van der Waals surface area contributed by atoms with Crippen molar-refractivity contribution in [3.63, 3.8) is 0 Å². The van der Waals surface area contributed by atoms with E-state index in [1.807, 2.05) is 6.92 Å². The first-order valence-electron chi connectivity index (χ1n) is 7.47. The van der Waals surface area contributed by atoms with E-state index in [1.54, 1.807) is 6.92 Å². The van der Waals surface area contributed by atoms with E-state index in [9.17, 15) is 19.2 Å². The molecule has 0 saturated heterocycles. The van der Waals surface area contributed by atoms with E-state index >= 15 is 0 Å². The SMILES string of the molecule is CC[C@H](C)[C@H](N)C(=O)N[C@@H](CCC(N)=O)C(=O)N[C@@H](C)C(=O)O. The van der Waals surface area contributed by atoms with Crippen molar-refractivity contribution in [1.29, 1.82) is 0 Å². The molecule has 3 amide bonds. The van der Waals surface area contributed by atoms with E-state index < -0.39 is 41.8 Å². The van der Waals surface area contributed by atoms with Crippen molar-refractivity contribution in [1.82, 2.24) is 10.6 Å². The summed E-state index contributed by atoms with van der Waals surface area (Å²) in [5.74, 6) is -3.17. The van der Waals surface area contributed by atoms with Crippen LogP contribution in [0.25, 0.3) is 0 Å². The van der Waals surface area contributed by atoms with Gasteiger partial charge in [-0.25, -0.2) is 0 Å². The average Bonchev–Trinajstić information content (AvgIpc) is 2.48. The number of hydrogen-bond acceptors (Lipinski definition) is 5. The first kappa shape index (κ1) is 20.8.